The minimum Gasteiger partial charge on any atom is -1.00 e. The Labute approximate surface area is 147 Å². The van der Waals surface area contributed by atoms with E-state index in [9.17, 15) is 0 Å². The quantitative estimate of drug-likeness (QED) is 0.411. The smallest absolute Gasteiger partial charge is 0.181 e. The van der Waals surface area contributed by atoms with Crippen molar-refractivity contribution in [1.82, 2.24) is 0 Å². The van der Waals surface area contributed by atoms with Crippen molar-refractivity contribution in [2.24, 2.45) is 0 Å². The van der Waals surface area contributed by atoms with Gasteiger partial charge in [0.15, 0.2) is 11.9 Å². The first kappa shape index (κ1) is 21.6. The van der Waals surface area contributed by atoms with Crippen molar-refractivity contribution in [3.05, 3.63) is 30.1 Å². The summed E-state index contributed by atoms with van der Waals surface area (Å²) >= 11 is 0. The molecule has 22 heavy (non-hydrogen) atoms. The first-order valence-electron chi connectivity index (χ1n) is 8.96. The summed E-state index contributed by atoms with van der Waals surface area (Å²) < 4.78 is 2.44. The molecule has 1 rings (SSSR count). The number of aromatic nitrogens is 1. The molecule has 0 bridgehead atoms. The maximum Gasteiger partial charge on any atom is 0.181 e. The number of hydrogen-bond acceptors (Lipinski definition) is 1. The third kappa shape index (κ3) is 10.3. The van der Waals surface area contributed by atoms with Crippen LogP contribution in [0.15, 0.2) is 24.4 Å². The van der Waals surface area contributed by atoms with E-state index in [0.717, 1.165) is 6.42 Å². The van der Waals surface area contributed by atoms with E-state index in [1.54, 1.807) is 0 Å². The summed E-state index contributed by atoms with van der Waals surface area (Å²) in [5.41, 5.74) is 1.49. The zero-order valence-corrected chi connectivity index (χ0v) is 15.9. The van der Waals surface area contributed by atoms with E-state index < -0.39 is 0 Å². The normalized spacial score (nSPS) is 10.5. The van der Waals surface area contributed by atoms with E-state index in [-0.39, 0.29) is 17.0 Å². The number of unbranched alkanes of at least 4 members (excludes halogenated alkanes) is 8. The van der Waals surface area contributed by atoms with Gasteiger partial charge in [0.05, 0.1) is 0 Å². The molecule has 0 saturated carbocycles. The van der Waals surface area contributed by atoms with Crippen molar-refractivity contribution in [2.75, 3.05) is 6.61 Å². The fourth-order valence-corrected chi connectivity index (χ4v) is 2.77. The first-order chi connectivity index (χ1) is 10.4. The predicted molar refractivity (Wildman–Crippen MR) is 89.3 cm³/mol. The molecule has 1 aromatic rings. The van der Waals surface area contributed by atoms with Gasteiger partial charge >= 0.3 is 0 Å². The summed E-state index contributed by atoms with van der Waals surface area (Å²) in [4.78, 5) is 0. The molecule has 0 saturated heterocycles. The third-order valence-corrected chi connectivity index (χ3v) is 4.13. The van der Waals surface area contributed by atoms with Crippen molar-refractivity contribution in [3.8, 4) is 0 Å². The number of halogens is 1. The van der Waals surface area contributed by atoms with E-state index in [0.29, 0.717) is 6.61 Å². The average molecular weight is 372 g/mol. The molecule has 0 unspecified atom stereocenters. The number of nitrogens with zero attached hydrogens (tertiary/aromatic N) is 1. The summed E-state index contributed by atoms with van der Waals surface area (Å²) in [6, 6.07) is 6.58. The van der Waals surface area contributed by atoms with Crippen LogP contribution in [0.2, 0.25) is 0 Å². The fourth-order valence-electron chi connectivity index (χ4n) is 2.77. The molecule has 0 aromatic carbocycles. The number of aliphatic hydroxyl groups excluding tert-OH is 1. The van der Waals surface area contributed by atoms with Crippen LogP contribution in [-0.2, 0) is 13.0 Å². The molecule has 0 fully saturated rings. The van der Waals surface area contributed by atoms with E-state index >= 15 is 0 Å². The van der Waals surface area contributed by atoms with E-state index in [1.807, 2.05) is 0 Å². The topological polar surface area (TPSA) is 24.1 Å². The highest BCUT2D eigenvalue weighted by molar-refractivity contribution is 4.97. The van der Waals surface area contributed by atoms with Gasteiger partial charge in [-0.3, -0.25) is 0 Å². The fraction of sp³-hybridized carbons (Fsp3) is 0.737. The Bertz CT molecular complexity index is 357. The van der Waals surface area contributed by atoms with Gasteiger partial charge in [0.1, 0.15) is 6.54 Å². The van der Waals surface area contributed by atoms with Crippen molar-refractivity contribution in [3.63, 3.8) is 0 Å². The lowest BCUT2D eigenvalue weighted by molar-refractivity contribution is -0.704. The lowest BCUT2D eigenvalue weighted by Crippen LogP contribution is -3.00. The van der Waals surface area contributed by atoms with Crippen molar-refractivity contribution in [2.45, 2.75) is 84.1 Å². The molecule has 1 aromatic heterocycles. The van der Waals surface area contributed by atoms with Crippen molar-refractivity contribution >= 4 is 0 Å². The van der Waals surface area contributed by atoms with Gasteiger partial charge in [-0.05, 0) is 19.3 Å². The monoisotopic (exact) mass is 371 g/mol. The van der Waals surface area contributed by atoms with Crippen LogP contribution >= 0.6 is 0 Å². The summed E-state index contributed by atoms with van der Waals surface area (Å²) in [5.74, 6) is 0. The van der Waals surface area contributed by atoms with Crippen LogP contribution < -0.4 is 21.5 Å². The second-order valence-corrected chi connectivity index (χ2v) is 6.04. The molecule has 2 nitrogen and oxygen atoms in total. The average Bonchev–Trinajstić information content (AvgIpc) is 2.52. The van der Waals surface area contributed by atoms with Crippen molar-refractivity contribution in [1.29, 1.82) is 0 Å². The SMILES string of the molecule is CCCCc1cccc[n+]1CCCCCCCCCCO.[Br-]. The van der Waals surface area contributed by atoms with E-state index in [4.69, 9.17) is 5.11 Å². The highest BCUT2D eigenvalue weighted by Crippen LogP contribution is 2.08. The molecule has 0 spiro atoms. The Hall–Kier alpha value is -0.410. The zero-order valence-electron chi connectivity index (χ0n) is 14.3. The Morgan fingerprint density at radius 3 is 2.14 bits per heavy atom. The van der Waals surface area contributed by atoms with Gasteiger partial charge < -0.3 is 22.1 Å². The predicted octanol–water partition coefficient (Wildman–Crippen LogP) is 1.43. The Kier molecular flexibility index (Phi) is 15.2. The molecule has 1 heterocycles. The molecule has 128 valence electrons. The second kappa shape index (κ2) is 15.5. The van der Waals surface area contributed by atoms with E-state index in [1.165, 1.54) is 76.4 Å². The van der Waals surface area contributed by atoms with Crippen LogP contribution in [0.3, 0.4) is 0 Å². The minimum atomic E-state index is 0. The second-order valence-electron chi connectivity index (χ2n) is 6.04. The number of aliphatic hydroxyl groups is 1. The lowest BCUT2D eigenvalue weighted by atomic mass is 10.1. The summed E-state index contributed by atoms with van der Waals surface area (Å²) in [6.07, 6.45) is 16.1. The van der Waals surface area contributed by atoms with Gasteiger partial charge in [-0.1, -0.05) is 51.5 Å². The van der Waals surface area contributed by atoms with Crippen LogP contribution in [-0.4, -0.2) is 11.7 Å². The number of rotatable bonds is 13. The maximum absolute atomic E-state index is 8.72. The van der Waals surface area contributed by atoms with Crippen LogP contribution in [0, 0.1) is 0 Å². The van der Waals surface area contributed by atoms with Gasteiger partial charge in [-0.15, -0.1) is 0 Å². The summed E-state index contributed by atoms with van der Waals surface area (Å²) in [5, 5.41) is 8.72. The van der Waals surface area contributed by atoms with Crippen LogP contribution in [0.1, 0.15) is 76.8 Å². The van der Waals surface area contributed by atoms with Gasteiger partial charge in [0.2, 0.25) is 0 Å². The Morgan fingerprint density at radius 1 is 0.864 bits per heavy atom. The molecule has 0 amide bonds. The van der Waals surface area contributed by atoms with Gasteiger partial charge in [0, 0.05) is 31.6 Å². The molecule has 0 aliphatic rings. The maximum atomic E-state index is 8.72. The highest BCUT2D eigenvalue weighted by Gasteiger charge is 2.08. The number of pyridine rings is 1. The van der Waals surface area contributed by atoms with Crippen LogP contribution in [0.4, 0.5) is 0 Å². The van der Waals surface area contributed by atoms with Crippen molar-refractivity contribution < 1.29 is 26.7 Å². The van der Waals surface area contributed by atoms with Crippen LogP contribution in [0.25, 0.3) is 0 Å². The molecule has 3 heteroatoms. The van der Waals surface area contributed by atoms with E-state index in [2.05, 4.69) is 35.9 Å². The molecule has 0 atom stereocenters. The van der Waals surface area contributed by atoms with Gasteiger partial charge in [-0.25, -0.2) is 4.57 Å². The molecule has 0 radical (unpaired) electrons. The number of hydrogen-bond donors (Lipinski definition) is 1. The summed E-state index contributed by atoms with van der Waals surface area (Å²) in [7, 11) is 0. The summed E-state index contributed by atoms with van der Waals surface area (Å²) in [6.45, 7) is 3.78. The largest absolute Gasteiger partial charge is 1.00 e. The minimum absolute atomic E-state index is 0. The molecule has 0 aliphatic carbocycles. The standard InChI is InChI=1S/C19H34NO.BrH/c1-2-3-14-19-15-10-12-17-20(19)16-11-8-6-4-5-7-9-13-18-21;/h10,12,15,17,21H,2-9,11,13-14,16,18H2,1H3;1H/q+1;/p-1. The highest BCUT2D eigenvalue weighted by atomic mass is 79.9. The van der Waals surface area contributed by atoms with Crippen LogP contribution in [0.5, 0.6) is 0 Å². The lowest BCUT2D eigenvalue weighted by Gasteiger charge is -2.04. The molecular weight excluding hydrogens is 338 g/mol. The van der Waals surface area contributed by atoms with Gasteiger partial charge in [-0.2, -0.15) is 0 Å². The zero-order chi connectivity index (χ0) is 15.2. The molecule has 0 aliphatic heterocycles. The Morgan fingerprint density at radius 2 is 1.50 bits per heavy atom. The third-order valence-electron chi connectivity index (χ3n) is 4.13. The first-order valence-corrected chi connectivity index (χ1v) is 8.96. The molecular formula is C19H34BrNO. The molecule has 1 N–H and O–H groups in total. The Balaban J connectivity index is 0.00000441. The number of aryl methyl sites for hydroxylation is 2. The van der Waals surface area contributed by atoms with Gasteiger partial charge in [0.25, 0.3) is 0 Å².